The molecule has 1 heterocycles. The van der Waals surface area contributed by atoms with Crippen LogP contribution in [0.2, 0.25) is 0 Å². The van der Waals surface area contributed by atoms with Gasteiger partial charge in [0.2, 0.25) is 0 Å². The van der Waals surface area contributed by atoms with E-state index in [0.717, 1.165) is 11.3 Å². The summed E-state index contributed by atoms with van der Waals surface area (Å²) in [6.45, 7) is 0. The number of rotatable bonds is 2. The third kappa shape index (κ3) is 2.81. The van der Waals surface area contributed by atoms with Gasteiger partial charge in [-0.25, -0.2) is 4.98 Å². The molecule has 3 nitrogen and oxygen atoms in total. The summed E-state index contributed by atoms with van der Waals surface area (Å²) in [6.07, 6.45) is 3.73. The van der Waals surface area contributed by atoms with Crippen molar-refractivity contribution in [3.8, 4) is 12.1 Å². The molecular weight excluding hydrogens is 222 g/mol. The predicted molar refractivity (Wildman–Crippen MR) is 69.0 cm³/mol. The van der Waals surface area contributed by atoms with E-state index in [1.807, 2.05) is 36.4 Å². The summed E-state index contributed by atoms with van der Waals surface area (Å²) in [5.41, 5.74) is 2.75. The topological polar surface area (TPSA) is 60.5 Å². The van der Waals surface area contributed by atoms with E-state index in [0.29, 0.717) is 11.3 Å². The van der Waals surface area contributed by atoms with Gasteiger partial charge in [0, 0.05) is 0 Å². The second-order valence-corrected chi connectivity index (χ2v) is 3.63. The van der Waals surface area contributed by atoms with E-state index in [-0.39, 0.29) is 0 Å². The maximum absolute atomic E-state index is 8.74. The first-order valence-electron chi connectivity index (χ1n) is 5.37. The van der Waals surface area contributed by atoms with E-state index in [4.69, 9.17) is 10.5 Å². The van der Waals surface area contributed by atoms with Crippen molar-refractivity contribution in [1.29, 1.82) is 10.5 Å². The highest BCUT2D eigenvalue weighted by atomic mass is 14.7. The van der Waals surface area contributed by atoms with Gasteiger partial charge >= 0.3 is 0 Å². The molecule has 0 spiro atoms. The van der Waals surface area contributed by atoms with Crippen LogP contribution in [-0.4, -0.2) is 4.98 Å². The Morgan fingerprint density at radius 2 is 1.67 bits per heavy atom. The van der Waals surface area contributed by atoms with E-state index in [9.17, 15) is 0 Å². The van der Waals surface area contributed by atoms with E-state index in [1.165, 1.54) is 0 Å². The molecule has 2 aromatic rings. The summed E-state index contributed by atoms with van der Waals surface area (Å²) in [5, 5.41) is 17.4. The highest BCUT2D eigenvalue weighted by Crippen LogP contribution is 2.08. The van der Waals surface area contributed by atoms with Crippen LogP contribution in [0.4, 0.5) is 0 Å². The number of hydrogen-bond acceptors (Lipinski definition) is 3. The minimum atomic E-state index is 0.400. The number of pyridine rings is 1. The lowest BCUT2D eigenvalue weighted by molar-refractivity contribution is 1.24. The van der Waals surface area contributed by atoms with Gasteiger partial charge in [-0.3, -0.25) is 0 Å². The maximum atomic E-state index is 8.74. The minimum Gasteiger partial charge on any atom is -0.238 e. The Morgan fingerprint density at radius 1 is 0.889 bits per heavy atom. The minimum absolute atomic E-state index is 0.400. The van der Waals surface area contributed by atoms with Crippen LogP contribution in [0.25, 0.3) is 12.2 Å². The van der Waals surface area contributed by atoms with Crippen LogP contribution < -0.4 is 0 Å². The van der Waals surface area contributed by atoms with Crippen molar-refractivity contribution in [3.63, 3.8) is 0 Å². The summed E-state index contributed by atoms with van der Waals surface area (Å²) in [4.78, 5) is 4.14. The molecule has 0 saturated heterocycles. The molecule has 0 bridgehead atoms. The van der Waals surface area contributed by atoms with Crippen LogP contribution >= 0.6 is 0 Å². The lowest BCUT2D eigenvalue weighted by atomic mass is 10.1. The van der Waals surface area contributed by atoms with Crippen LogP contribution in [-0.2, 0) is 0 Å². The second-order valence-electron chi connectivity index (χ2n) is 3.63. The Balaban J connectivity index is 2.19. The normalized spacial score (nSPS) is 9.89. The second kappa shape index (κ2) is 5.43. The third-order valence-electron chi connectivity index (χ3n) is 2.37. The van der Waals surface area contributed by atoms with Gasteiger partial charge in [-0.15, -0.1) is 0 Å². The molecule has 0 aliphatic rings. The summed E-state index contributed by atoms with van der Waals surface area (Å²) in [7, 11) is 0. The molecule has 1 aromatic heterocycles. The first-order chi connectivity index (χ1) is 8.81. The average Bonchev–Trinajstić information content (AvgIpc) is 2.46. The van der Waals surface area contributed by atoms with Gasteiger partial charge in [0.15, 0.2) is 0 Å². The molecule has 0 fully saturated rings. The fourth-order valence-electron chi connectivity index (χ4n) is 1.46. The van der Waals surface area contributed by atoms with E-state index in [1.54, 1.807) is 24.3 Å². The number of hydrogen-bond donors (Lipinski definition) is 0. The molecule has 84 valence electrons. The Kier molecular flexibility index (Phi) is 3.49. The molecule has 18 heavy (non-hydrogen) atoms. The first-order valence-corrected chi connectivity index (χ1v) is 5.37. The Bertz CT molecular complexity index is 655. The zero-order valence-corrected chi connectivity index (χ0v) is 9.54. The van der Waals surface area contributed by atoms with E-state index >= 15 is 0 Å². The maximum Gasteiger partial charge on any atom is 0.141 e. The summed E-state index contributed by atoms with van der Waals surface area (Å²) in [6, 6.07) is 16.6. The Morgan fingerprint density at radius 3 is 2.33 bits per heavy atom. The molecule has 0 unspecified atom stereocenters. The Hall–Kier alpha value is -2.91. The quantitative estimate of drug-likeness (QED) is 0.798. The largest absolute Gasteiger partial charge is 0.238 e. The number of nitriles is 2. The number of nitrogens with zero attached hydrogens (tertiary/aromatic N) is 3. The highest BCUT2D eigenvalue weighted by Gasteiger charge is 1.93. The summed E-state index contributed by atoms with van der Waals surface area (Å²) >= 11 is 0. The molecule has 0 amide bonds. The number of benzene rings is 1. The van der Waals surface area contributed by atoms with Gasteiger partial charge in [0.25, 0.3) is 0 Å². The van der Waals surface area contributed by atoms with Gasteiger partial charge in [-0.2, -0.15) is 10.5 Å². The smallest absolute Gasteiger partial charge is 0.141 e. The van der Waals surface area contributed by atoms with Gasteiger partial charge in [0.1, 0.15) is 11.8 Å². The summed E-state index contributed by atoms with van der Waals surface area (Å²) in [5.74, 6) is 0. The molecule has 0 saturated carbocycles. The monoisotopic (exact) mass is 231 g/mol. The first kappa shape index (κ1) is 11.6. The third-order valence-corrected chi connectivity index (χ3v) is 2.37. The zero-order valence-electron chi connectivity index (χ0n) is 9.54. The van der Waals surface area contributed by atoms with Gasteiger partial charge < -0.3 is 0 Å². The lowest BCUT2D eigenvalue weighted by Gasteiger charge is -1.95. The number of aromatic nitrogens is 1. The Labute approximate surface area is 105 Å². The molecule has 1 aromatic carbocycles. The van der Waals surface area contributed by atoms with Crippen molar-refractivity contribution in [2.24, 2.45) is 0 Å². The van der Waals surface area contributed by atoms with Crippen LogP contribution in [0.15, 0.2) is 42.5 Å². The van der Waals surface area contributed by atoms with Crippen molar-refractivity contribution in [3.05, 3.63) is 65.0 Å². The molecule has 0 N–H and O–H groups in total. The van der Waals surface area contributed by atoms with Crippen molar-refractivity contribution in [2.75, 3.05) is 0 Å². The molecular formula is C15H9N3. The summed E-state index contributed by atoms with van der Waals surface area (Å²) < 4.78 is 0. The van der Waals surface area contributed by atoms with Crippen LogP contribution in [0.1, 0.15) is 22.5 Å². The molecule has 3 heteroatoms. The SMILES string of the molecule is N#Cc1ccc(/C=C/c2cccc(C#N)n2)cc1. The van der Waals surface area contributed by atoms with Crippen LogP contribution in [0.3, 0.4) is 0 Å². The zero-order chi connectivity index (χ0) is 12.8. The standard InChI is InChI=1S/C15H9N3/c16-10-13-6-4-12(5-7-13)8-9-14-2-1-3-15(11-17)18-14/h1-9H/b9-8+. The lowest BCUT2D eigenvalue weighted by Crippen LogP contribution is -1.84. The van der Waals surface area contributed by atoms with Crippen molar-refractivity contribution in [2.45, 2.75) is 0 Å². The van der Waals surface area contributed by atoms with Crippen molar-refractivity contribution < 1.29 is 0 Å². The molecule has 0 aliphatic carbocycles. The van der Waals surface area contributed by atoms with Gasteiger partial charge in [0.05, 0.1) is 17.3 Å². The predicted octanol–water partition coefficient (Wildman–Crippen LogP) is 3.00. The fourth-order valence-corrected chi connectivity index (χ4v) is 1.46. The van der Waals surface area contributed by atoms with Crippen molar-refractivity contribution >= 4 is 12.2 Å². The molecule has 2 rings (SSSR count). The van der Waals surface area contributed by atoms with E-state index < -0.39 is 0 Å². The van der Waals surface area contributed by atoms with Crippen LogP contribution in [0.5, 0.6) is 0 Å². The van der Waals surface area contributed by atoms with E-state index in [2.05, 4.69) is 11.1 Å². The van der Waals surface area contributed by atoms with Gasteiger partial charge in [-0.1, -0.05) is 24.3 Å². The van der Waals surface area contributed by atoms with Crippen LogP contribution in [0, 0.1) is 22.7 Å². The molecule has 0 aliphatic heterocycles. The van der Waals surface area contributed by atoms with Gasteiger partial charge in [-0.05, 0) is 35.9 Å². The molecule has 0 radical (unpaired) electrons. The fraction of sp³-hybridized carbons (Fsp3) is 0. The molecule has 0 atom stereocenters. The highest BCUT2D eigenvalue weighted by molar-refractivity contribution is 5.68. The van der Waals surface area contributed by atoms with Crippen molar-refractivity contribution in [1.82, 2.24) is 4.98 Å². The average molecular weight is 231 g/mol.